The Balaban J connectivity index is 1.41. The molecule has 2 aromatic rings. The van der Waals surface area contributed by atoms with Crippen LogP contribution in [0.1, 0.15) is 29.6 Å². The van der Waals surface area contributed by atoms with E-state index < -0.39 is 0 Å². The third kappa shape index (κ3) is 3.49. The van der Waals surface area contributed by atoms with Crippen LogP contribution in [0.2, 0.25) is 0 Å². The van der Waals surface area contributed by atoms with Gasteiger partial charge in [0.05, 0.1) is 12.1 Å². The van der Waals surface area contributed by atoms with Crippen molar-refractivity contribution >= 4 is 11.9 Å². The topological polar surface area (TPSA) is 67.4 Å². The lowest BCUT2D eigenvalue weighted by molar-refractivity contribution is -0.0721. The third-order valence-corrected chi connectivity index (χ3v) is 5.02. The molecule has 25 heavy (non-hydrogen) atoms. The smallest absolute Gasteiger partial charge is 0.253 e. The number of carbonyl (C=O) groups is 1. The summed E-state index contributed by atoms with van der Waals surface area (Å²) in [5.41, 5.74) is 0.484. The van der Waals surface area contributed by atoms with Crippen molar-refractivity contribution in [1.82, 2.24) is 14.9 Å². The Labute approximate surface area is 147 Å². The van der Waals surface area contributed by atoms with Crippen LogP contribution in [0.5, 0.6) is 0 Å². The fourth-order valence-electron chi connectivity index (χ4n) is 3.77. The van der Waals surface area contributed by atoms with Crippen LogP contribution < -0.4 is 5.32 Å². The number of carbonyl (C=O) groups excluding carboxylic acids is 1. The van der Waals surface area contributed by atoms with E-state index in [1.165, 1.54) is 0 Å². The Morgan fingerprint density at radius 2 is 2.00 bits per heavy atom. The number of nitrogens with zero attached hydrogens (tertiary/aromatic N) is 3. The summed E-state index contributed by atoms with van der Waals surface area (Å²) in [5, 5.41) is 3.40. The molecule has 0 unspecified atom stereocenters. The molecule has 4 rings (SSSR count). The zero-order valence-corrected chi connectivity index (χ0v) is 14.1. The van der Waals surface area contributed by atoms with Crippen LogP contribution in [-0.4, -0.2) is 52.1 Å². The van der Waals surface area contributed by atoms with Gasteiger partial charge in [-0.2, -0.15) is 0 Å². The van der Waals surface area contributed by atoms with Crippen LogP contribution in [0.4, 0.5) is 5.95 Å². The summed E-state index contributed by atoms with van der Waals surface area (Å²) in [7, 11) is 0. The van der Waals surface area contributed by atoms with Crippen molar-refractivity contribution in [3.63, 3.8) is 0 Å². The molecule has 0 saturated carbocycles. The minimum absolute atomic E-state index is 0.0857. The summed E-state index contributed by atoms with van der Waals surface area (Å²) >= 11 is 0. The number of nitrogens with one attached hydrogen (secondary N) is 1. The number of amides is 1. The monoisotopic (exact) mass is 338 g/mol. The highest BCUT2D eigenvalue weighted by Crippen LogP contribution is 2.35. The van der Waals surface area contributed by atoms with Gasteiger partial charge in [0.1, 0.15) is 0 Å². The zero-order valence-electron chi connectivity index (χ0n) is 14.1. The molecule has 6 heteroatoms. The van der Waals surface area contributed by atoms with Crippen LogP contribution in [0.3, 0.4) is 0 Å². The first-order valence-corrected chi connectivity index (χ1v) is 8.76. The zero-order chi connectivity index (χ0) is 17.1. The largest absolute Gasteiger partial charge is 0.373 e. The van der Waals surface area contributed by atoms with Gasteiger partial charge in [-0.3, -0.25) is 4.79 Å². The first-order chi connectivity index (χ1) is 12.2. The predicted octanol–water partition coefficient (Wildman–Crippen LogP) is 2.35. The molecule has 2 saturated heterocycles. The van der Waals surface area contributed by atoms with Gasteiger partial charge in [-0.05, 0) is 37.5 Å². The molecule has 0 bridgehead atoms. The quantitative estimate of drug-likeness (QED) is 0.930. The second-order valence-electron chi connectivity index (χ2n) is 6.78. The highest BCUT2D eigenvalue weighted by molar-refractivity contribution is 5.94. The second-order valence-corrected chi connectivity index (χ2v) is 6.78. The summed E-state index contributed by atoms with van der Waals surface area (Å²) in [5.74, 6) is 0.738. The van der Waals surface area contributed by atoms with Crippen molar-refractivity contribution in [2.24, 2.45) is 0 Å². The van der Waals surface area contributed by atoms with Crippen molar-refractivity contribution in [2.75, 3.05) is 25.0 Å². The van der Waals surface area contributed by atoms with E-state index in [1.807, 2.05) is 35.2 Å². The Bertz CT molecular complexity index is 725. The van der Waals surface area contributed by atoms with Crippen molar-refractivity contribution in [3.05, 3.63) is 54.4 Å². The van der Waals surface area contributed by atoms with E-state index >= 15 is 0 Å². The number of anilines is 1. The summed E-state index contributed by atoms with van der Waals surface area (Å²) in [4.78, 5) is 23.1. The van der Waals surface area contributed by atoms with Crippen LogP contribution >= 0.6 is 0 Å². The lowest BCUT2D eigenvalue weighted by Crippen LogP contribution is -2.47. The van der Waals surface area contributed by atoms with Crippen molar-refractivity contribution in [1.29, 1.82) is 0 Å². The van der Waals surface area contributed by atoms with Crippen LogP contribution in [0.15, 0.2) is 48.8 Å². The molecule has 6 nitrogen and oxygen atoms in total. The molecular formula is C19H22N4O2. The Hall–Kier alpha value is -2.47. The average Bonchev–Trinajstić information content (AvgIpc) is 3.06. The van der Waals surface area contributed by atoms with E-state index in [1.54, 1.807) is 18.5 Å². The third-order valence-electron chi connectivity index (χ3n) is 5.02. The van der Waals surface area contributed by atoms with E-state index in [0.717, 1.165) is 31.4 Å². The standard InChI is InChI=1S/C19H22N4O2/c24-17(15-5-2-1-3-6-15)23-11-8-19(14-23)13-16(7-12-25-19)22-18-20-9-4-10-21-18/h1-6,9-10,16H,7-8,11-14H2,(H,20,21,22)/t16-,19-/m1/s1. The molecule has 2 aliphatic heterocycles. The van der Waals surface area contributed by atoms with E-state index in [-0.39, 0.29) is 17.6 Å². The molecule has 3 heterocycles. The fraction of sp³-hybridized carbons (Fsp3) is 0.421. The SMILES string of the molecule is O=C(c1ccccc1)N1CC[C@@]2(C[C@H](Nc3ncccn3)CCO2)C1. The number of hydrogen-bond donors (Lipinski definition) is 1. The molecule has 1 aromatic carbocycles. The molecular weight excluding hydrogens is 316 g/mol. The van der Waals surface area contributed by atoms with Gasteiger partial charge >= 0.3 is 0 Å². The fourth-order valence-corrected chi connectivity index (χ4v) is 3.77. The van der Waals surface area contributed by atoms with E-state index in [0.29, 0.717) is 19.1 Å². The number of hydrogen-bond acceptors (Lipinski definition) is 5. The first kappa shape index (κ1) is 16.0. The van der Waals surface area contributed by atoms with Crippen molar-refractivity contribution in [3.8, 4) is 0 Å². The average molecular weight is 338 g/mol. The summed E-state index contributed by atoms with van der Waals surface area (Å²) < 4.78 is 6.14. The molecule has 0 aliphatic carbocycles. The van der Waals surface area contributed by atoms with Gasteiger partial charge in [0, 0.05) is 37.2 Å². The maximum atomic E-state index is 12.7. The molecule has 1 amide bonds. The Kier molecular flexibility index (Phi) is 4.36. The summed E-state index contributed by atoms with van der Waals surface area (Å²) in [6, 6.07) is 11.5. The number of ether oxygens (including phenoxy) is 1. The molecule has 2 fully saturated rings. The highest BCUT2D eigenvalue weighted by atomic mass is 16.5. The molecule has 130 valence electrons. The minimum atomic E-state index is -0.255. The van der Waals surface area contributed by atoms with Gasteiger partial charge in [0.25, 0.3) is 5.91 Å². The lowest BCUT2D eigenvalue weighted by atomic mass is 9.89. The Morgan fingerprint density at radius 1 is 1.20 bits per heavy atom. The van der Waals surface area contributed by atoms with E-state index in [4.69, 9.17) is 4.74 Å². The van der Waals surface area contributed by atoms with Crippen LogP contribution in [0, 0.1) is 0 Å². The molecule has 1 N–H and O–H groups in total. The molecule has 2 atom stereocenters. The van der Waals surface area contributed by atoms with Gasteiger partial charge < -0.3 is 15.0 Å². The van der Waals surface area contributed by atoms with Crippen molar-refractivity contribution < 1.29 is 9.53 Å². The van der Waals surface area contributed by atoms with Gasteiger partial charge in [0.15, 0.2) is 0 Å². The summed E-state index contributed by atoms with van der Waals surface area (Å²) in [6.45, 7) is 2.08. The molecule has 2 aliphatic rings. The van der Waals surface area contributed by atoms with Gasteiger partial charge in [-0.15, -0.1) is 0 Å². The number of likely N-dealkylation sites (tertiary alicyclic amines) is 1. The highest BCUT2D eigenvalue weighted by Gasteiger charge is 2.44. The molecule has 1 spiro atoms. The normalized spacial score (nSPS) is 25.9. The number of benzene rings is 1. The van der Waals surface area contributed by atoms with Crippen LogP contribution in [-0.2, 0) is 4.74 Å². The number of rotatable bonds is 3. The first-order valence-electron chi connectivity index (χ1n) is 8.76. The van der Waals surface area contributed by atoms with E-state index in [2.05, 4.69) is 15.3 Å². The predicted molar refractivity (Wildman–Crippen MR) is 94.3 cm³/mol. The summed E-state index contributed by atoms with van der Waals surface area (Å²) in [6.07, 6.45) is 6.14. The van der Waals surface area contributed by atoms with Crippen LogP contribution in [0.25, 0.3) is 0 Å². The van der Waals surface area contributed by atoms with Gasteiger partial charge in [-0.25, -0.2) is 9.97 Å². The van der Waals surface area contributed by atoms with E-state index in [9.17, 15) is 4.79 Å². The number of aromatic nitrogens is 2. The second kappa shape index (κ2) is 6.80. The van der Waals surface area contributed by atoms with Crippen molar-refractivity contribution in [2.45, 2.75) is 30.9 Å². The van der Waals surface area contributed by atoms with Gasteiger partial charge in [-0.1, -0.05) is 18.2 Å². The van der Waals surface area contributed by atoms with Gasteiger partial charge in [0.2, 0.25) is 5.95 Å². The lowest BCUT2D eigenvalue weighted by Gasteiger charge is -2.38. The maximum Gasteiger partial charge on any atom is 0.253 e. The maximum absolute atomic E-state index is 12.7. The Morgan fingerprint density at radius 3 is 2.80 bits per heavy atom. The molecule has 1 aromatic heterocycles. The minimum Gasteiger partial charge on any atom is -0.373 e. The molecule has 0 radical (unpaired) electrons.